The number of aromatic nitrogens is 2. The third-order valence-corrected chi connectivity index (χ3v) is 5.09. The Morgan fingerprint density at radius 1 is 1.19 bits per heavy atom. The number of carbonyl (C=O) groups is 1. The molecule has 3 rings (SSSR count). The number of amides is 1. The van der Waals surface area contributed by atoms with Crippen LogP contribution in [0.3, 0.4) is 0 Å². The van der Waals surface area contributed by atoms with E-state index in [1.54, 1.807) is 42.5 Å². The van der Waals surface area contributed by atoms with E-state index in [1.165, 1.54) is 6.07 Å². The van der Waals surface area contributed by atoms with E-state index < -0.39 is 0 Å². The molecular formula is C22H24ClN5O4. The van der Waals surface area contributed by atoms with Crippen molar-refractivity contribution in [2.45, 2.75) is 26.7 Å². The largest absolute Gasteiger partial charge is 0.507 e. The molecule has 0 aliphatic heterocycles. The first-order valence-electron chi connectivity index (χ1n) is 9.92. The van der Waals surface area contributed by atoms with Gasteiger partial charge in [-0.15, -0.1) is 0 Å². The molecule has 0 atom stereocenters. The zero-order valence-corrected chi connectivity index (χ0v) is 18.4. The predicted molar refractivity (Wildman–Crippen MR) is 120 cm³/mol. The number of hydrogen-bond acceptors (Lipinski definition) is 7. The number of aromatic hydroxyl groups is 1. The Bertz CT molecular complexity index is 1110. The van der Waals surface area contributed by atoms with E-state index in [1.807, 2.05) is 13.8 Å². The lowest BCUT2D eigenvalue weighted by Crippen LogP contribution is -2.29. The molecule has 0 spiro atoms. The van der Waals surface area contributed by atoms with E-state index in [9.17, 15) is 15.1 Å². The summed E-state index contributed by atoms with van der Waals surface area (Å²) >= 11 is 6.00. The van der Waals surface area contributed by atoms with Crippen LogP contribution in [0.4, 0.5) is 5.69 Å². The Hall–Kier alpha value is -3.59. The van der Waals surface area contributed by atoms with Gasteiger partial charge in [0.2, 0.25) is 5.84 Å². The SMILES string of the molecule is CC(C)(CCNC(=O)c1ccccc1O)Cc1nonc1C(=NO)Nc1cccc(Cl)c1. The molecule has 1 heterocycles. The Labute approximate surface area is 190 Å². The number of halogens is 1. The monoisotopic (exact) mass is 457 g/mol. The van der Waals surface area contributed by atoms with Gasteiger partial charge in [-0.25, -0.2) is 4.63 Å². The minimum atomic E-state index is -0.344. The number of para-hydroxylation sites is 1. The van der Waals surface area contributed by atoms with E-state index in [0.717, 1.165) is 0 Å². The van der Waals surface area contributed by atoms with Gasteiger partial charge in [0.05, 0.1) is 5.56 Å². The van der Waals surface area contributed by atoms with Crippen LogP contribution in [-0.2, 0) is 6.42 Å². The second-order valence-corrected chi connectivity index (χ2v) is 8.44. The van der Waals surface area contributed by atoms with Crippen LogP contribution < -0.4 is 10.6 Å². The number of oxime groups is 1. The molecule has 0 saturated heterocycles. The number of benzene rings is 2. The van der Waals surface area contributed by atoms with Crippen LogP contribution in [-0.4, -0.2) is 38.9 Å². The van der Waals surface area contributed by atoms with Gasteiger partial charge in [-0.2, -0.15) is 0 Å². The van der Waals surface area contributed by atoms with Crippen molar-refractivity contribution in [3.05, 3.63) is 70.5 Å². The van der Waals surface area contributed by atoms with Crippen LogP contribution in [0.2, 0.25) is 5.02 Å². The average Bonchev–Trinajstić information content (AvgIpc) is 3.19. The number of amidine groups is 1. The number of phenolic OH excluding ortho intramolecular Hbond substituents is 1. The normalized spacial score (nSPS) is 11.9. The Morgan fingerprint density at radius 3 is 2.69 bits per heavy atom. The molecule has 32 heavy (non-hydrogen) atoms. The molecule has 2 aromatic carbocycles. The first kappa shape index (κ1) is 23.1. The summed E-state index contributed by atoms with van der Waals surface area (Å²) < 4.78 is 4.89. The molecule has 168 valence electrons. The molecule has 1 aromatic heterocycles. The molecule has 1 amide bonds. The first-order valence-corrected chi connectivity index (χ1v) is 10.3. The van der Waals surface area contributed by atoms with Crippen LogP contribution in [0.5, 0.6) is 5.75 Å². The molecule has 10 heteroatoms. The Kier molecular flexibility index (Phi) is 7.32. The molecule has 3 aromatic rings. The van der Waals surface area contributed by atoms with Gasteiger partial charge in [-0.1, -0.05) is 54.0 Å². The third-order valence-electron chi connectivity index (χ3n) is 4.85. The molecule has 0 saturated carbocycles. The summed E-state index contributed by atoms with van der Waals surface area (Å²) in [7, 11) is 0. The fourth-order valence-corrected chi connectivity index (χ4v) is 3.34. The summed E-state index contributed by atoms with van der Waals surface area (Å²) in [5, 5.41) is 36.7. The van der Waals surface area contributed by atoms with Crippen molar-refractivity contribution < 1.29 is 19.7 Å². The molecule has 4 N–H and O–H groups in total. The number of hydrogen-bond donors (Lipinski definition) is 4. The van der Waals surface area contributed by atoms with Crippen LogP contribution in [0.15, 0.2) is 58.3 Å². The quantitative estimate of drug-likeness (QED) is 0.173. The molecular weight excluding hydrogens is 434 g/mol. The van der Waals surface area contributed by atoms with Crippen molar-refractivity contribution in [1.82, 2.24) is 15.6 Å². The van der Waals surface area contributed by atoms with E-state index in [4.69, 9.17) is 16.2 Å². The zero-order valence-electron chi connectivity index (χ0n) is 17.7. The Balaban J connectivity index is 1.62. The standard InChI is InChI=1S/C22H24ClN5O4/c1-22(2,10-11-24-21(30)16-8-3-4-9-18(16)29)13-17-19(28-32-27-17)20(26-31)25-15-7-5-6-14(23)12-15/h3-9,12,29,31H,10-11,13H2,1-2H3,(H,24,30)(H,25,26). The number of phenols is 1. The summed E-state index contributed by atoms with van der Waals surface area (Å²) in [5.41, 5.74) is 1.33. The molecule has 0 bridgehead atoms. The number of nitrogens with zero attached hydrogens (tertiary/aromatic N) is 3. The van der Waals surface area contributed by atoms with Gasteiger partial charge in [0, 0.05) is 23.7 Å². The van der Waals surface area contributed by atoms with E-state index in [2.05, 4.69) is 26.1 Å². The maximum absolute atomic E-state index is 12.3. The smallest absolute Gasteiger partial charge is 0.255 e. The highest BCUT2D eigenvalue weighted by Gasteiger charge is 2.26. The molecule has 0 unspecified atom stereocenters. The van der Waals surface area contributed by atoms with Crippen LogP contribution in [0, 0.1) is 5.41 Å². The van der Waals surface area contributed by atoms with Gasteiger partial charge in [0.1, 0.15) is 11.4 Å². The minimum absolute atomic E-state index is 0.0643. The first-order chi connectivity index (χ1) is 15.3. The van der Waals surface area contributed by atoms with E-state index in [0.29, 0.717) is 35.8 Å². The lowest BCUT2D eigenvalue weighted by atomic mass is 9.84. The molecule has 0 radical (unpaired) electrons. The minimum Gasteiger partial charge on any atom is -0.507 e. The second kappa shape index (κ2) is 10.1. The van der Waals surface area contributed by atoms with Crippen molar-refractivity contribution in [1.29, 1.82) is 0 Å². The lowest BCUT2D eigenvalue weighted by Gasteiger charge is -2.23. The molecule has 0 fully saturated rings. The van der Waals surface area contributed by atoms with Crippen molar-refractivity contribution in [3.8, 4) is 5.75 Å². The second-order valence-electron chi connectivity index (χ2n) is 8.01. The predicted octanol–water partition coefficient (Wildman–Crippen LogP) is 4.07. The van der Waals surface area contributed by atoms with Gasteiger partial charge in [0.25, 0.3) is 5.91 Å². The summed E-state index contributed by atoms with van der Waals surface area (Å²) in [6.45, 7) is 4.41. The number of nitrogens with one attached hydrogen (secondary N) is 2. The molecule has 0 aliphatic rings. The van der Waals surface area contributed by atoms with Crippen LogP contribution in [0.25, 0.3) is 0 Å². The van der Waals surface area contributed by atoms with Crippen LogP contribution >= 0.6 is 11.6 Å². The topological polar surface area (TPSA) is 133 Å². The van der Waals surface area contributed by atoms with Crippen molar-refractivity contribution in [2.75, 3.05) is 11.9 Å². The highest BCUT2D eigenvalue weighted by molar-refractivity contribution is 6.31. The number of anilines is 1. The fourth-order valence-electron chi connectivity index (χ4n) is 3.15. The third kappa shape index (κ3) is 5.98. The van der Waals surface area contributed by atoms with E-state index >= 15 is 0 Å². The summed E-state index contributed by atoms with van der Waals surface area (Å²) in [6, 6.07) is 13.3. The maximum atomic E-state index is 12.3. The summed E-state index contributed by atoms with van der Waals surface area (Å²) in [5.74, 6) is -0.333. The molecule has 0 aliphatic carbocycles. The van der Waals surface area contributed by atoms with Gasteiger partial charge in [-0.3, -0.25) is 4.79 Å². The summed E-state index contributed by atoms with van der Waals surface area (Å²) in [4.78, 5) is 12.3. The fraction of sp³-hybridized carbons (Fsp3) is 0.273. The maximum Gasteiger partial charge on any atom is 0.255 e. The zero-order chi connectivity index (χ0) is 23.1. The van der Waals surface area contributed by atoms with Gasteiger partial charge in [-0.05, 0) is 47.3 Å². The Morgan fingerprint density at radius 2 is 1.97 bits per heavy atom. The van der Waals surface area contributed by atoms with Crippen molar-refractivity contribution >= 4 is 29.0 Å². The highest BCUT2D eigenvalue weighted by Crippen LogP contribution is 2.27. The van der Waals surface area contributed by atoms with Crippen LogP contribution in [0.1, 0.15) is 42.0 Å². The van der Waals surface area contributed by atoms with Gasteiger partial charge < -0.3 is 20.9 Å². The lowest BCUT2D eigenvalue weighted by molar-refractivity contribution is 0.0946. The van der Waals surface area contributed by atoms with Gasteiger partial charge >= 0.3 is 0 Å². The number of carbonyl (C=O) groups excluding carboxylic acids is 1. The summed E-state index contributed by atoms with van der Waals surface area (Å²) in [6.07, 6.45) is 1.07. The molecule has 9 nitrogen and oxygen atoms in total. The highest BCUT2D eigenvalue weighted by atomic mass is 35.5. The average molecular weight is 458 g/mol. The number of rotatable bonds is 8. The van der Waals surface area contributed by atoms with Crippen molar-refractivity contribution in [3.63, 3.8) is 0 Å². The van der Waals surface area contributed by atoms with Gasteiger partial charge in [0.15, 0.2) is 5.69 Å². The van der Waals surface area contributed by atoms with E-state index in [-0.39, 0.29) is 34.2 Å². The van der Waals surface area contributed by atoms with Crippen molar-refractivity contribution in [2.24, 2.45) is 10.6 Å².